The number of aryl methyl sites for hydroxylation is 1. The van der Waals surface area contributed by atoms with Crippen LogP contribution in [0.4, 0.5) is 0 Å². The van der Waals surface area contributed by atoms with Crippen molar-refractivity contribution in [3.8, 4) is 0 Å². The lowest BCUT2D eigenvalue weighted by atomic mass is 10.1. The van der Waals surface area contributed by atoms with Crippen molar-refractivity contribution in [2.45, 2.75) is 13.3 Å². The molecule has 4 nitrogen and oxygen atoms in total. The molecule has 1 heterocycles. The van der Waals surface area contributed by atoms with E-state index in [0.717, 1.165) is 16.5 Å². The van der Waals surface area contributed by atoms with Crippen LogP contribution in [0.25, 0.3) is 0 Å². The third-order valence-corrected chi connectivity index (χ3v) is 3.99. The molecular weight excluding hydrogens is 288 g/mol. The van der Waals surface area contributed by atoms with E-state index in [9.17, 15) is 9.59 Å². The highest BCUT2D eigenvalue weighted by atomic mass is 32.1. The number of hydrogen-bond acceptors (Lipinski definition) is 4. The van der Waals surface area contributed by atoms with E-state index >= 15 is 0 Å². The molecule has 0 aliphatic heterocycles. The standard InChI is InChI=1S/C16H14O4S/c1-10-2-4-11(5-3-10)8-12-6-7-15(21-12)13(17)9-14(18)16(19)20/h2-7,9,18H,8H2,1H3,(H,19,20)/b14-9-. The highest BCUT2D eigenvalue weighted by Crippen LogP contribution is 2.21. The predicted molar refractivity (Wildman–Crippen MR) is 81.0 cm³/mol. The molecule has 5 heteroatoms. The van der Waals surface area contributed by atoms with Gasteiger partial charge in [-0.05, 0) is 24.6 Å². The Kier molecular flexibility index (Phi) is 4.55. The molecule has 0 aliphatic rings. The molecule has 0 atom stereocenters. The van der Waals surface area contributed by atoms with Crippen LogP contribution in [0.1, 0.15) is 25.7 Å². The number of benzene rings is 1. The summed E-state index contributed by atoms with van der Waals surface area (Å²) in [6, 6.07) is 11.6. The Labute approximate surface area is 126 Å². The van der Waals surface area contributed by atoms with Crippen molar-refractivity contribution in [2.75, 3.05) is 0 Å². The molecule has 0 bridgehead atoms. The number of carbonyl (C=O) groups excluding carboxylic acids is 1. The van der Waals surface area contributed by atoms with E-state index in [-0.39, 0.29) is 0 Å². The van der Waals surface area contributed by atoms with Gasteiger partial charge in [0.1, 0.15) is 0 Å². The predicted octanol–water partition coefficient (Wildman–Crippen LogP) is 3.36. The van der Waals surface area contributed by atoms with E-state index in [1.165, 1.54) is 16.9 Å². The fourth-order valence-corrected chi connectivity index (χ4v) is 2.72. The zero-order valence-corrected chi connectivity index (χ0v) is 12.2. The highest BCUT2D eigenvalue weighted by Gasteiger charge is 2.12. The average Bonchev–Trinajstić information content (AvgIpc) is 2.90. The molecule has 21 heavy (non-hydrogen) atoms. The molecule has 0 fully saturated rings. The molecule has 2 aromatic rings. The first kappa shape index (κ1) is 15.0. The lowest BCUT2D eigenvalue weighted by Crippen LogP contribution is -2.02. The average molecular weight is 302 g/mol. The third kappa shape index (κ3) is 4.03. The van der Waals surface area contributed by atoms with Crippen molar-refractivity contribution in [1.82, 2.24) is 0 Å². The van der Waals surface area contributed by atoms with E-state index in [1.807, 2.05) is 37.3 Å². The summed E-state index contributed by atoms with van der Waals surface area (Å²) in [4.78, 5) is 23.7. The first-order valence-corrected chi connectivity index (χ1v) is 7.10. The van der Waals surface area contributed by atoms with Crippen molar-refractivity contribution in [3.63, 3.8) is 0 Å². The fourth-order valence-electron chi connectivity index (χ4n) is 1.77. The van der Waals surface area contributed by atoms with Crippen molar-refractivity contribution in [2.24, 2.45) is 0 Å². The number of rotatable bonds is 5. The van der Waals surface area contributed by atoms with E-state index < -0.39 is 17.5 Å². The zero-order valence-electron chi connectivity index (χ0n) is 11.4. The van der Waals surface area contributed by atoms with Crippen molar-refractivity contribution in [3.05, 3.63) is 69.1 Å². The Morgan fingerprint density at radius 2 is 1.76 bits per heavy atom. The lowest BCUT2D eigenvalue weighted by Gasteiger charge is -1.99. The molecule has 0 spiro atoms. The summed E-state index contributed by atoms with van der Waals surface area (Å²) in [5, 5.41) is 17.6. The second-order valence-corrected chi connectivity index (χ2v) is 5.80. The maximum atomic E-state index is 11.8. The molecule has 108 valence electrons. The summed E-state index contributed by atoms with van der Waals surface area (Å²) in [6.45, 7) is 2.02. The minimum atomic E-state index is -1.51. The summed E-state index contributed by atoms with van der Waals surface area (Å²) in [6.07, 6.45) is 1.44. The van der Waals surface area contributed by atoms with Crippen LogP contribution in [-0.4, -0.2) is 22.0 Å². The van der Waals surface area contributed by atoms with Gasteiger partial charge in [0.05, 0.1) is 4.88 Å². The van der Waals surface area contributed by atoms with Crippen LogP contribution >= 0.6 is 11.3 Å². The number of hydrogen-bond donors (Lipinski definition) is 2. The number of thiophene rings is 1. The van der Waals surface area contributed by atoms with Crippen molar-refractivity contribution >= 4 is 23.1 Å². The van der Waals surface area contributed by atoms with Gasteiger partial charge in [-0.2, -0.15) is 0 Å². The summed E-state index contributed by atoms with van der Waals surface area (Å²) in [7, 11) is 0. The maximum Gasteiger partial charge on any atom is 0.371 e. The first-order valence-electron chi connectivity index (χ1n) is 6.28. The van der Waals surface area contributed by atoms with E-state index in [1.54, 1.807) is 6.07 Å². The maximum absolute atomic E-state index is 11.8. The minimum Gasteiger partial charge on any atom is -0.502 e. The van der Waals surface area contributed by atoms with Gasteiger partial charge in [-0.25, -0.2) is 4.79 Å². The molecule has 0 amide bonds. The largest absolute Gasteiger partial charge is 0.502 e. The van der Waals surface area contributed by atoms with Gasteiger partial charge in [-0.15, -0.1) is 11.3 Å². The summed E-state index contributed by atoms with van der Waals surface area (Å²) in [5.74, 6) is -2.97. The van der Waals surface area contributed by atoms with Crippen molar-refractivity contribution in [1.29, 1.82) is 0 Å². The van der Waals surface area contributed by atoms with Gasteiger partial charge < -0.3 is 10.2 Å². The molecule has 0 unspecified atom stereocenters. The Balaban J connectivity index is 2.11. The van der Waals surface area contributed by atoms with Gasteiger partial charge in [0.15, 0.2) is 5.78 Å². The molecule has 2 rings (SSSR count). The van der Waals surface area contributed by atoms with E-state index in [0.29, 0.717) is 11.3 Å². The second-order valence-electron chi connectivity index (χ2n) is 4.63. The fraction of sp³-hybridized carbons (Fsp3) is 0.125. The molecule has 0 radical (unpaired) electrons. The van der Waals surface area contributed by atoms with Gasteiger partial charge in [-0.3, -0.25) is 4.79 Å². The Morgan fingerprint density at radius 1 is 1.10 bits per heavy atom. The summed E-state index contributed by atoms with van der Waals surface area (Å²) < 4.78 is 0. The number of carbonyl (C=O) groups is 2. The number of carboxylic acids is 1. The molecule has 0 saturated heterocycles. The molecular formula is C16H14O4S. The zero-order chi connectivity index (χ0) is 15.4. The van der Waals surface area contributed by atoms with Gasteiger partial charge in [0.2, 0.25) is 5.76 Å². The first-order chi connectivity index (χ1) is 9.95. The van der Waals surface area contributed by atoms with Gasteiger partial charge in [-0.1, -0.05) is 29.8 Å². The Morgan fingerprint density at radius 3 is 2.38 bits per heavy atom. The summed E-state index contributed by atoms with van der Waals surface area (Å²) in [5.41, 5.74) is 2.33. The number of ketones is 1. The van der Waals surface area contributed by atoms with Crippen LogP contribution in [-0.2, 0) is 11.2 Å². The quantitative estimate of drug-likeness (QED) is 0.504. The molecule has 1 aromatic carbocycles. The third-order valence-electron chi connectivity index (χ3n) is 2.89. The second kappa shape index (κ2) is 6.37. The van der Waals surface area contributed by atoms with Crippen LogP contribution in [0.2, 0.25) is 0 Å². The molecule has 0 saturated carbocycles. The van der Waals surface area contributed by atoms with Gasteiger partial charge in [0, 0.05) is 17.4 Å². The molecule has 0 aliphatic carbocycles. The van der Waals surface area contributed by atoms with Crippen molar-refractivity contribution < 1.29 is 19.8 Å². The lowest BCUT2D eigenvalue weighted by molar-refractivity contribution is -0.135. The molecule has 2 N–H and O–H groups in total. The number of carboxylic acid groups (broad SMARTS) is 1. The number of aliphatic carboxylic acids is 1. The van der Waals surface area contributed by atoms with Crippen LogP contribution in [0.15, 0.2) is 48.2 Å². The van der Waals surface area contributed by atoms with E-state index in [4.69, 9.17) is 10.2 Å². The van der Waals surface area contributed by atoms with Crippen LogP contribution in [0.5, 0.6) is 0 Å². The minimum absolute atomic E-state index is 0.407. The normalized spacial score (nSPS) is 11.4. The number of allylic oxidation sites excluding steroid dienone is 1. The number of aliphatic hydroxyl groups is 1. The van der Waals surface area contributed by atoms with Crippen LogP contribution in [0.3, 0.4) is 0 Å². The SMILES string of the molecule is Cc1ccc(Cc2ccc(C(=O)/C=C(\O)C(=O)O)s2)cc1. The van der Waals surface area contributed by atoms with E-state index in [2.05, 4.69) is 0 Å². The Bertz CT molecular complexity index is 695. The monoisotopic (exact) mass is 302 g/mol. The Hall–Kier alpha value is -2.40. The summed E-state index contributed by atoms with van der Waals surface area (Å²) >= 11 is 1.30. The topological polar surface area (TPSA) is 74.6 Å². The van der Waals surface area contributed by atoms with Gasteiger partial charge in [0.25, 0.3) is 0 Å². The highest BCUT2D eigenvalue weighted by molar-refractivity contribution is 7.14. The van der Waals surface area contributed by atoms with Crippen LogP contribution in [0, 0.1) is 6.92 Å². The smallest absolute Gasteiger partial charge is 0.371 e. The van der Waals surface area contributed by atoms with Gasteiger partial charge >= 0.3 is 5.97 Å². The molecule has 1 aromatic heterocycles. The number of aliphatic hydroxyl groups excluding tert-OH is 1. The van der Waals surface area contributed by atoms with Crippen LogP contribution < -0.4 is 0 Å².